The van der Waals surface area contributed by atoms with E-state index in [2.05, 4.69) is 20.6 Å². The van der Waals surface area contributed by atoms with Gasteiger partial charge in [-0.25, -0.2) is 9.37 Å². The first kappa shape index (κ1) is 23.2. The van der Waals surface area contributed by atoms with Crippen LogP contribution in [0.25, 0.3) is 0 Å². The summed E-state index contributed by atoms with van der Waals surface area (Å²) in [5, 5.41) is 6.05. The summed E-state index contributed by atoms with van der Waals surface area (Å²) in [5.74, 6) is 0.555. The first-order chi connectivity index (χ1) is 16.3. The molecule has 0 aliphatic carbocycles. The van der Waals surface area contributed by atoms with Gasteiger partial charge in [0.05, 0.1) is 5.69 Å². The summed E-state index contributed by atoms with van der Waals surface area (Å²) in [7, 11) is 3.64. The van der Waals surface area contributed by atoms with Crippen molar-refractivity contribution >= 4 is 35.0 Å². The van der Waals surface area contributed by atoms with Gasteiger partial charge >= 0.3 is 0 Å². The quantitative estimate of drug-likeness (QED) is 0.576. The van der Waals surface area contributed by atoms with Crippen molar-refractivity contribution in [3.05, 3.63) is 71.2 Å². The lowest BCUT2D eigenvalue weighted by Crippen LogP contribution is -2.51. The SMILES string of the molecule is CC[C@H]1C(=O)N(C)c2c(C)nc(NCc3ccc(NC(=O)c4ccc(F)cc4)cc3)nc2N1C. The van der Waals surface area contributed by atoms with Gasteiger partial charge in [0.15, 0.2) is 5.82 Å². The van der Waals surface area contributed by atoms with E-state index < -0.39 is 0 Å². The Hall–Kier alpha value is -4.01. The molecule has 0 radical (unpaired) electrons. The monoisotopic (exact) mass is 462 g/mol. The van der Waals surface area contributed by atoms with Crippen molar-refractivity contribution in [2.45, 2.75) is 32.9 Å². The van der Waals surface area contributed by atoms with Crippen LogP contribution in [-0.4, -0.2) is 41.9 Å². The predicted molar refractivity (Wildman–Crippen MR) is 131 cm³/mol. The Balaban J connectivity index is 1.43. The molecule has 1 atom stereocenters. The van der Waals surface area contributed by atoms with Crippen LogP contribution in [-0.2, 0) is 11.3 Å². The van der Waals surface area contributed by atoms with E-state index in [4.69, 9.17) is 0 Å². The normalized spacial score (nSPS) is 15.2. The molecule has 176 valence electrons. The van der Waals surface area contributed by atoms with Gasteiger partial charge in [0.1, 0.15) is 17.5 Å². The topological polar surface area (TPSA) is 90.5 Å². The number of aromatic nitrogens is 2. The van der Waals surface area contributed by atoms with Gasteiger partial charge in [-0.2, -0.15) is 4.98 Å². The maximum atomic E-state index is 13.0. The van der Waals surface area contributed by atoms with Crippen LogP contribution >= 0.6 is 0 Å². The lowest BCUT2D eigenvalue weighted by atomic mass is 10.1. The maximum absolute atomic E-state index is 13.0. The molecule has 3 aromatic rings. The summed E-state index contributed by atoms with van der Waals surface area (Å²) in [6.07, 6.45) is 0.689. The van der Waals surface area contributed by atoms with E-state index in [1.165, 1.54) is 24.3 Å². The summed E-state index contributed by atoms with van der Waals surface area (Å²) < 4.78 is 13.0. The molecule has 2 aromatic carbocycles. The number of halogens is 1. The Morgan fingerprint density at radius 1 is 1.06 bits per heavy atom. The number of rotatable bonds is 6. The number of amides is 2. The first-order valence-electron chi connectivity index (χ1n) is 11.1. The van der Waals surface area contributed by atoms with Crippen molar-refractivity contribution in [1.82, 2.24) is 9.97 Å². The van der Waals surface area contributed by atoms with Crippen molar-refractivity contribution in [3.63, 3.8) is 0 Å². The van der Waals surface area contributed by atoms with Gasteiger partial charge in [0.25, 0.3) is 5.91 Å². The van der Waals surface area contributed by atoms with E-state index in [0.717, 1.165) is 22.8 Å². The molecule has 2 heterocycles. The standard InChI is InChI=1S/C25H27FN6O2/c1-5-20-24(34)32(4)21-15(2)28-25(30-22(21)31(20)3)27-14-16-6-12-19(13-7-16)29-23(33)17-8-10-18(26)11-9-17/h6-13,20H,5,14H2,1-4H3,(H,29,33)(H,27,28,30)/t20-/m0/s1. The summed E-state index contributed by atoms with van der Waals surface area (Å²) in [5.41, 5.74) is 3.45. The van der Waals surface area contributed by atoms with E-state index in [-0.39, 0.29) is 23.7 Å². The van der Waals surface area contributed by atoms with Gasteiger partial charge in [-0.15, -0.1) is 0 Å². The van der Waals surface area contributed by atoms with E-state index in [1.807, 2.05) is 37.9 Å². The number of likely N-dealkylation sites (N-methyl/N-ethyl adjacent to an activating group) is 2. The van der Waals surface area contributed by atoms with Crippen LogP contribution in [0.3, 0.4) is 0 Å². The molecule has 0 spiro atoms. The van der Waals surface area contributed by atoms with E-state index in [1.54, 1.807) is 24.1 Å². The third kappa shape index (κ3) is 4.54. The number of anilines is 4. The highest BCUT2D eigenvalue weighted by atomic mass is 19.1. The van der Waals surface area contributed by atoms with Gasteiger partial charge in [-0.05, 0) is 55.3 Å². The third-order valence-corrected chi connectivity index (χ3v) is 5.95. The zero-order valence-electron chi connectivity index (χ0n) is 19.6. The molecule has 1 aliphatic rings. The molecular formula is C25H27FN6O2. The van der Waals surface area contributed by atoms with Gasteiger partial charge < -0.3 is 20.4 Å². The van der Waals surface area contributed by atoms with Crippen LogP contribution in [0.1, 0.15) is 35.0 Å². The maximum Gasteiger partial charge on any atom is 0.255 e. The molecule has 0 saturated heterocycles. The average molecular weight is 463 g/mol. The molecule has 34 heavy (non-hydrogen) atoms. The third-order valence-electron chi connectivity index (χ3n) is 5.95. The van der Waals surface area contributed by atoms with Gasteiger partial charge in [-0.3, -0.25) is 9.59 Å². The highest BCUT2D eigenvalue weighted by Gasteiger charge is 2.36. The molecular weight excluding hydrogens is 435 g/mol. The number of nitrogens with one attached hydrogen (secondary N) is 2. The second kappa shape index (κ2) is 9.46. The Labute approximate surface area is 197 Å². The minimum atomic E-state index is -0.385. The number of fused-ring (bicyclic) bond motifs is 1. The highest BCUT2D eigenvalue weighted by Crippen LogP contribution is 2.36. The summed E-state index contributed by atoms with van der Waals surface area (Å²) in [6.45, 7) is 4.34. The number of aryl methyl sites for hydroxylation is 1. The predicted octanol–water partition coefficient (Wildman–Crippen LogP) is 3.98. The minimum Gasteiger partial charge on any atom is -0.350 e. The number of hydrogen-bond donors (Lipinski definition) is 2. The van der Waals surface area contributed by atoms with Crippen molar-refractivity contribution < 1.29 is 14.0 Å². The van der Waals surface area contributed by atoms with Crippen LogP contribution in [0.2, 0.25) is 0 Å². The Bertz CT molecular complexity index is 1210. The second-order valence-corrected chi connectivity index (χ2v) is 8.25. The fourth-order valence-electron chi connectivity index (χ4n) is 4.06. The van der Waals surface area contributed by atoms with E-state index in [0.29, 0.717) is 30.2 Å². The van der Waals surface area contributed by atoms with Crippen molar-refractivity contribution in [1.29, 1.82) is 0 Å². The summed E-state index contributed by atoms with van der Waals surface area (Å²) in [6, 6.07) is 12.5. The minimum absolute atomic E-state index is 0.0384. The van der Waals surface area contributed by atoms with E-state index >= 15 is 0 Å². The number of carbonyl (C=O) groups is 2. The molecule has 9 heteroatoms. The summed E-state index contributed by atoms with van der Waals surface area (Å²) >= 11 is 0. The van der Waals surface area contributed by atoms with Crippen LogP contribution in [0.4, 0.5) is 27.5 Å². The molecule has 4 rings (SSSR count). The van der Waals surface area contributed by atoms with Crippen molar-refractivity contribution in [3.8, 4) is 0 Å². The van der Waals surface area contributed by atoms with E-state index in [9.17, 15) is 14.0 Å². The Morgan fingerprint density at radius 3 is 2.38 bits per heavy atom. The fraction of sp³-hybridized carbons (Fsp3) is 0.280. The molecule has 8 nitrogen and oxygen atoms in total. The van der Waals surface area contributed by atoms with Crippen molar-refractivity contribution in [2.75, 3.05) is 34.5 Å². The molecule has 1 aromatic heterocycles. The van der Waals surface area contributed by atoms with Crippen LogP contribution < -0.4 is 20.4 Å². The lowest BCUT2D eigenvalue weighted by molar-refractivity contribution is -0.119. The average Bonchev–Trinajstić information content (AvgIpc) is 2.82. The molecule has 0 bridgehead atoms. The van der Waals surface area contributed by atoms with Gasteiger partial charge in [0.2, 0.25) is 11.9 Å². The largest absolute Gasteiger partial charge is 0.350 e. The first-order valence-corrected chi connectivity index (χ1v) is 11.1. The zero-order valence-corrected chi connectivity index (χ0v) is 19.6. The number of nitrogens with zero attached hydrogens (tertiary/aromatic N) is 4. The second-order valence-electron chi connectivity index (χ2n) is 8.25. The van der Waals surface area contributed by atoms with Crippen LogP contribution in [0, 0.1) is 12.7 Å². The molecule has 2 N–H and O–H groups in total. The lowest BCUT2D eigenvalue weighted by Gasteiger charge is -2.38. The fourth-order valence-corrected chi connectivity index (χ4v) is 4.06. The van der Waals surface area contributed by atoms with Crippen molar-refractivity contribution in [2.24, 2.45) is 0 Å². The summed E-state index contributed by atoms with van der Waals surface area (Å²) in [4.78, 5) is 37.7. The highest BCUT2D eigenvalue weighted by molar-refractivity contribution is 6.05. The van der Waals surface area contributed by atoms with Gasteiger partial charge in [-0.1, -0.05) is 19.1 Å². The number of benzene rings is 2. The number of carbonyl (C=O) groups excluding carboxylic acids is 2. The van der Waals surface area contributed by atoms with Crippen LogP contribution in [0.5, 0.6) is 0 Å². The molecule has 1 aliphatic heterocycles. The van der Waals surface area contributed by atoms with Crippen LogP contribution in [0.15, 0.2) is 48.5 Å². The molecule has 2 amide bonds. The smallest absolute Gasteiger partial charge is 0.255 e. The zero-order chi connectivity index (χ0) is 24.4. The molecule has 0 fully saturated rings. The molecule has 0 unspecified atom stereocenters. The van der Waals surface area contributed by atoms with Gasteiger partial charge in [0, 0.05) is 31.9 Å². The Kier molecular flexibility index (Phi) is 6.45. The Morgan fingerprint density at radius 2 is 1.74 bits per heavy atom. The number of hydrogen-bond acceptors (Lipinski definition) is 6. The molecule has 0 saturated carbocycles.